The number of rotatable bonds is 9. The Bertz CT molecular complexity index is 869. The highest BCUT2D eigenvalue weighted by Crippen LogP contribution is 2.23. The number of aryl methyl sites for hydroxylation is 1. The van der Waals surface area contributed by atoms with Crippen LogP contribution in [0.5, 0.6) is 0 Å². The first-order chi connectivity index (χ1) is 12.8. The van der Waals surface area contributed by atoms with Crippen molar-refractivity contribution in [3.05, 3.63) is 28.9 Å². The number of nitrogens with one attached hydrogen (secondary N) is 1. The van der Waals surface area contributed by atoms with E-state index < -0.39 is 17.9 Å². The molecular weight excluding hydrogens is 366 g/mol. The van der Waals surface area contributed by atoms with Gasteiger partial charge in [-0.2, -0.15) is 10.4 Å². The van der Waals surface area contributed by atoms with Crippen molar-refractivity contribution in [2.45, 2.75) is 52.1 Å². The Labute approximate surface area is 163 Å². The first kappa shape index (κ1) is 20.7. The molecule has 7 nitrogen and oxygen atoms in total. The van der Waals surface area contributed by atoms with Gasteiger partial charge in [0.15, 0.2) is 5.69 Å². The van der Waals surface area contributed by atoms with Crippen LogP contribution in [0.2, 0.25) is 5.02 Å². The lowest BCUT2D eigenvalue weighted by Gasteiger charge is -2.16. The molecule has 2 amide bonds. The number of primary amides is 1. The number of benzene rings is 1. The van der Waals surface area contributed by atoms with E-state index >= 15 is 0 Å². The molecule has 2 aromatic rings. The number of unbranched alkanes of at least 4 members (excludes halogenated alkanes) is 2. The van der Waals surface area contributed by atoms with Crippen molar-refractivity contribution in [2.75, 3.05) is 0 Å². The Balaban J connectivity index is 2.30. The standard InChI is InChI=1S/C19H24ClN5O2/c1-12(2)10-15(18(22)26)23-19(27)17-14-11-13(20)6-7-16(14)25(24-17)9-5-3-4-8-21/h6-7,11-12,15H,3-5,9-10H2,1-2H3,(H2,22,26)(H,23,27). The summed E-state index contributed by atoms with van der Waals surface area (Å²) in [6.07, 6.45) is 2.46. The topological polar surface area (TPSA) is 114 Å². The van der Waals surface area contributed by atoms with Crippen molar-refractivity contribution in [2.24, 2.45) is 11.7 Å². The number of carbonyl (C=O) groups excluding carboxylic acids is 2. The second-order valence-corrected chi connectivity index (χ2v) is 7.34. The molecule has 2 rings (SSSR count). The summed E-state index contributed by atoms with van der Waals surface area (Å²) >= 11 is 6.10. The number of hydrogen-bond acceptors (Lipinski definition) is 4. The molecule has 1 aromatic carbocycles. The minimum absolute atomic E-state index is 0.201. The first-order valence-electron chi connectivity index (χ1n) is 8.96. The molecule has 0 spiro atoms. The SMILES string of the molecule is CC(C)CC(NC(=O)c1nn(CCCCC#N)c2ccc(Cl)cc12)C(N)=O. The van der Waals surface area contributed by atoms with Gasteiger partial charge in [0.05, 0.1) is 11.6 Å². The zero-order chi connectivity index (χ0) is 20.0. The summed E-state index contributed by atoms with van der Waals surface area (Å²) < 4.78 is 1.74. The van der Waals surface area contributed by atoms with Crippen molar-refractivity contribution in [1.82, 2.24) is 15.1 Å². The Hall–Kier alpha value is -2.59. The third-order valence-electron chi connectivity index (χ3n) is 4.19. The molecule has 1 aromatic heterocycles. The summed E-state index contributed by atoms with van der Waals surface area (Å²) in [6.45, 7) is 4.48. The first-order valence-corrected chi connectivity index (χ1v) is 9.34. The van der Waals surface area contributed by atoms with Crippen molar-refractivity contribution in [3.8, 4) is 6.07 Å². The smallest absolute Gasteiger partial charge is 0.273 e. The number of carbonyl (C=O) groups is 2. The fourth-order valence-electron chi connectivity index (χ4n) is 2.90. The highest BCUT2D eigenvalue weighted by molar-refractivity contribution is 6.31. The number of nitriles is 1. The molecule has 0 aliphatic rings. The van der Waals surface area contributed by atoms with Gasteiger partial charge in [0.25, 0.3) is 5.91 Å². The maximum Gasteiger partial charge on any atom is 0.273 e. The van der Waals surface area contributed by atoms with Crippen molar-refractivity contribution < 1.29 is 9.59 Å². The molecule has 144 valence electrons. The Morgan fingerprint density at radius 3 is 2.74 bits per heavy atom. The van der Waals surface area contributed by atoms with Crippen LogP contribution in [0.25, 0.3) is 10.9 Å². The Morgan fingerprint density at radius 2 is 2.11 bits per heavy atom. The van der Waals surface area contributed by atoms with E-state index in [-0.39, 0.29) is 11.6 Å². The van der Waals surface area contributed by atoms with E-state index in [2.05, 4.69) is 16.5 Å². The number of aromatic nitrogens is 2. The maximum atomic E-state index is 12.8. The van der Waals surface area contributed by atoms with Crippen LogP contribution in [0.1, 0.15) is 50.0 Å². The lowest BCUT2D eigenvalue weighted by atomic mass is 10.0. The molecular formula is C19H24ClN5O2. The molecule has 1 unspecified atom stereocenters. The molecule has 1 atom stereocenters. The number of hydrogen-bond donors (Lipinski definition) is 2. The number of fused-ring (bicyclic) bond motifs is 1. The normalized spacial score (nSPS) is 12.1. The van der Waals surface area contributed by atoms with Gasteiger partial charge >= 0.3 is 0 Å². The van der Waals surface area contributed by atoms with E-state index in [1.54, 1.807) is 16.8 Å². The van der Waals surface area contributed by atoms with Gasteiger partial charge in [0, 0.05) is 23.4 Å². The van der Waals surface area contributed by atoms with Gasteiger partial charge in [-0.1, -0.05) is 25.4 Å². The van der Waals surface area contributed by atoms with Crippen LogP contribution in [-0.2, 0) is 11.3 Å². The molecule has 0 saturated carbocycles. The van der Waals surface area contributed by atoms with E-state index in [1.807, 2.05) is 19.9 Å². The molecule has 3 N–H and O–H groups in total. The van der Waals surface area contributed by atoms with Crippen molar-refractivity contribution >= 4 is 34.3 Å². The fourth-order valence-corrected chi connectivity index (χ4v) is 3.07. The third kappa shape index (κ3) is 5.44. The van der Waals surface area contributed by atoms with Crippen molar-refractivity contribution in [1.29, 1.82) is 5.26 Å². The summed E-state index contributed by atoms with van der Waals surface area (Å²) in [7, 11) is 0. The highest BCUT2D eigenvalue weighted by Gasteiger charge is 2.24. The summed E-state index contributed by atoms with van der Waals surface area (Å²) in [5.41, 5.74) is 6.41. The predicted molar refractivity (Wildman–Crippen MR) is 104 cm³/mol. The molecule has 27 heavy (non-hydrogen) atoms. The zero-order valence-electron chi connectivity index (χ0n) is 15.5. The number of amides is 2. The van der Waals surface area contributed by atoms with Gasteiger partial charge in [-0.15, -0.1) is 0 Å². The predicted octanol–water partition coefficient (Wildman–Crippen LogP) is 3.01. The third-order valence-corrected chi connectivity index (χ3v) is 4.43. The molecule has 0 radical (unpaired) electrons. The molecule has 0 saturated heterocycles. The van der Waals surface area contributed by atoms with Gasteiger partial charge in [-0.25, -0.2) is 0 Å². The second kappa shape index (κ2) is 9.38. The van der Waals surface area contributed by atoms with E-state index in [0.717, 1.165) is 18.4 Å². The van der Waals surface area contributed by atoms with Crippen molar-refractivity contribution in [3.63, 3.8) is 0 Å². The Morgan fingerprint density at radius 1 is 1.37 bits per heavy atom. The zero-order valence-corrected chi connectivity index (χ0v) is 16.3. The van der Waals surface area contributed by atoms with E-state index in [9.17, 15) is 9.59 Å². The molecule has 8 heteroatoms. The molecule has 0 aliphatic heterocycles. The van der Waals surface area contributed by atoms with Gasteiger partial charge in [-0.3, -0.25) is 14.3 Å². The van der Waals surface area contributed by atoms with Crippen LogP contribution < -0.4 is 11.1 Å². The van der Waals surface area contributed by atoms with Crippen LogP contribution in [0.3, 0.4) is 0 Å². The van der Waals surface area contributed by atoms with Gasteiger partial charge in [-0.05, 0) is 43.4 Å². The van der Waals surface area contributed by atoms with E-state index in [1.165, 1.54) is 0 Å². The average Bonchev–Trinajstić information content (AvgIpc) is 2.95. The van der Waals surface area contributed by atoms with E-state index in [4.69, 9.17) is 22.6 Å². The minimum atomic E-state index is -0.757. The van der Waals surface area contributed by atoms with Gasteiger partial charge in [0.2, 0.25) is 5.91 Å². The Kier molecular flexibility index (Phi) is 7.19. The number of nitrogens with two attached hydrogens (primary N) is 1. The largest absolute Gasteiger partial charge is 0.368 e. The van der Waals surface area contributed by atoms with Crippen LogP contribution >= 0.6 is 11.6 Å². The number of halogens is 1. The van der Waals surface area contributed by atoms with Crippen LogP contribution in [-0.4, -0.2) is 27.6 Å². The van der Waals surface area contributed by atoms with Gasteiger partial charge < -0.3 is 11.1 Å². The second-order valence-electron chi connectivity index (χ2n) is 6.91. The lowest BCUT2D eigenvalue weighted by molar-refractivity contribution is -0.120. The lowest BCUT2D eigenvalue weighted by Crippen LogP contribution is -2.45. The summed E-state index contributed by atoms with van der Waals surface area (Å²) in [5.74, 6) is -0.829. The van der Waals surface area contributed by atoms with Crippen LogP contribution in [0.4, 0.5) is 0 Å². The molecule has 0 bridgehead atoms. The highest BCUT2D eigenvalue weighted by atomic mass is 35.5. The van der Waals surface area contributed by atoms with Crippen LogP contribution in [0.15, 0.2) is 18.2 Å². The summed E-state index contributed by atoms with van der Waals surface area (Å²) in [4.78, 5) is 24.4. The molecule has 0 aliphatic carbocycles. The van der Waals surface area contributed by atoms with Crippen LogP contribution in [0, 0.1) is 17.2 Å². The fraction of sp³-hybridized carbons (Fsp3) is 0.474. The monoisotopic (exact) mass is 389 g/mol. The maximum absolute atomic E-state index is 12.8. The van der Waals surface area contributed by atoms with E-state index in [0.29, 0.717) is 29.8 Å². The van der Waals surface area contributed by atoms with Gasteiger partial charge in [0.1, 0.15) is 6.04 Å². The number of nitrogens with zero attached hydrogens (tertiary/aromatic N) is 3. The molecule has 0 fully saturated rings. The summed E-state index contributed by atoms with van der Waals surface area (Å²) in [6, 6.07) is 6.60. The molecule has 1 heterocycles. The quantitative estimate of drug-likeness (QED) is 0.641. The summed E-state index contributed by atoms with van der Waals surface area (Å²) in [5, 5.41) is 16.9. The average molecular weight is 390 g/mol. The minimum Gasteiger partial charge on any atom is -0.368 e.